The van der Waals surface area contributed by atoms with E-state index in [1.165, 1.54) is 44.1 Å². The Bertz CT molecular complexity index is 813. The van der Waals surface area contributed by atoms with Crippen LogP contribution in [0.2, 0.25) is 0 Å². The summed E-state index contributed by atoms with van der Waals surface area (Å²) in [5, 5.41) is 0. The number of rotatable bonds is 4. The predicted molar refractivity (Wildman–Crippen MR) is 120 cm³/mol. The first-order valence-electron chi connectivity index (χ1n) is 12.7. The highest BCUT2D eigenvalue weighted by Crippen LogP contribution is 2.62. The number of carbonyl (C=O) groups excluding carboxylic acids is 1. The zero-order chi connectivity index (χ0) is 21.1. The van der Waals surface area contributed by atoms with Gasteiger partial charge in [-0.1, -0.05) is 37.3 Å². The van der Waals surface area contributed by atoms with Crippen LogP contribution in [0.15, 0.2) is 30.3 Å². The molecule has 0 amide bonds. The Morgan fingerprint density at radius 3 is 2.65 bits per heavy atom. The second-order valence-corrected chi connectivity index (χ2v) is 11.5. The van der Waals surface area contributed by atoms with E-state index in [0.717, 1.165) is 45.0 Å². The van der Waals surface area contributed by atoms with Gasteiger partial charge in [-0.15, -0.1) is 0 Å². The van der Waals surface area contributed by atoms with Gasteiger partial charge < -0.3 is 14.4 Å². The van der Waals surface area contributed by atoms with E-state index in [1.807, 2.05) is 0 Å². The van der Waals surface area contributed by atoms with Gasteiger partial charge in [-0.25, -0.2) is 0 Å². The van der Waals surface area contributed by atoms with Gasteiger partial charge in [-0.3, -0.25) is 4.79 Å². The van der Waals surface area contributed by atoms with E-state index in [2.05, 4.69) is 42.2 Å². The molecule has 3 aliphatic heterocycles. The average molecular weight is 424 g/mol. The topological polar surface area (TPSA) is 42.1 Å². The molecule has 1 spiro atoms. The molecule has 31 heavy (non-hydrogen) atoms. The summed E-state index contributed by atoms with van der Waals surface area (Å²) >= 11 is 0. The van der Waals surface area contributed by atoms with E-state index < -0.39 is 0 Å². The number of benzene rings is 1. The molecule has 0 N–H and O–H groups in total. The molecule has 4 heteroatoms. The third-order valence-electron chi connectivity index (χ3n) is 9.61. The molecule has 0 radical (unpaired) electrons. The van der Waals surface area contributed by atoms with Crippen LogP contribution in [0.4, 0.5) is 0 Å². The average Bonchev–Trinajstić information content (AvgIpc) is 3.47. The number of epoxide rings is 1. The monoisotopic (exact) mass is 423 g/mol. The minimum Gasteiger partial charge on any atom is -0.462 e. The van der Waals surface area contributed by atoms with Gasteiger partial charge in [0.05, 0.1) is 18.1 Å². The maximum atomic E-state index is 12.9. The van der Waals surface area contributed by atoms with Crippen molar-refractivity contribution in [2.24, 2.45) is 29.1 Å². The van der Waals surface area contributed by atoms with Gasteiger partial charge in [0.1, 0.15) is 6.10 Å². The number of ether oxygens (including phenoxy) is 2. The Hall–Kier alpha value is -1.39. The van der Waals surface area contributed by atoms with E-state index in [4.69, 9.17) is 9.47 Å². The predicted octanol–water partition coefficient (Wildman–Crippen LogP) is 4.47. The molecule has 5 aliphatic rings. The Morgan fingerprint density at radius 1 is 1.13 bits per heavy atom. The fraction of sp³-hybridized carbons (Fsp3) is 0.741. The van der Waals surface area contributed by atoms with Crippen molar-refractivity contribution in [2.75, 3.05) is 26.2 Å². The number of esters is 1. The minimum absolute atomic E-state index is 0.0675. The van der Waals surface area contributed by atoms with Crippen LogP contribution in [0.5, 0.6) is 0 Å². The lowest BCUT2D eigenvalue weighted by Crippen LogP contribution is -2.51. The quantitative estimate of drug-likeness (QED) is 0.529. The largest absolute Gasteiger partial charge is 0.462 e. The van der Waals surface area contributed by atoms with Crippen molar-refractivity contribution in [3.05, 3.63) is 35.9 Å². The van der Waals surface area contributed by atoms with Gasteiger partial charge in [0.2, 0.25) is 0 Å². The Kier molecular flexibility index (Phi) is 4.95. The van der Waals surface area contributed by atoms with Crippen molar-refractivity contribution in [3.63, 3.8) is 0 Å². The summed E-state index contributed by atoms with van der Waals surface area (Å²) in [6.07, 6.45) is 9.74. The molecule has 5 fully saturated rings. The number of nitrogens with zero attached hydrogens (tertiary/aromatic N) is 1. The standard InChI is InChI=1S/C27H37NO3/c1-26-10-5-11-27(18-30-27)24(26)15-21-22(25(29)31-23(21)16-26)17-28-12-8-20(9-13-28)14-19-6-3-2-4-7-19/h2-4,6-7,20-24H,5,8-18H2,1H3/t21-,22+,23+,24-,26+,27-/m0/s1. The molecule has 4 nitrogen and oxygen atoms in total. The van der Waals surface area contributed by atoms with Gasteiger partial charge in [-0.2, -0.15) is 0 Å². The van der Waals surface area contributed by atoms with Crippen LogP contribution >= 0.6 is 0 Å². The summed E-state index contributed by atoms with van der Waals surface area (Å²) in [4.78, 5) is 15.5. The van der Waals surface area contributed by atoms with Gasteiger partial charge in [0, 0.05) is 12.5 Å². The first-order chi connectivity index (χ1) is 15.0. The van der Waals surface area contributed by atoms with E-state index in [0.29, 0.717) is 17.3 Å². The molecule has 6 atom stereocenters. The van der Waals surface area contributed by atoms with Crippen LogP contribution < -0.4 is 0 Å². The number of piperidine rings is 1. The molecule has 1 aromatic rings. The smallest absolute Gasteiger partial charge is 0.310 e. The Morgan fingerprint density at radius 2 is 1.90 bits per heavy atom. The molecular weight excluding hydrogens is 386 g/mol. The van der Waals surface area contributed by atoms with Gasteiger partial charge >= 0.3 is 5.97 Å². The van der Waals surface area contributed by atoms with Crippen LogP contribution in [-0.2, 0) is 20.7 Å². The summed E-state index contributed by atoms with van der Waals surface area (Å²) in [7, 11) is 0. The summed E-state index contributed by atoms with van der Waals surface area (Å²) < 4.78 is 12.1. The minimum atomic E-state index is 0.0675. The third-order valence-corrected chi connectivity index (χ3v) is 9.61. The van der Waals surface area contributed by atoms with Crippen molar-refractivity contribution in [3.8, 4) is 0 Å². The van der Waals surface area contributed by atoms with E-state index in [9.17, 15) is 4.79 Å². The summed E-state index contributed by atoms with van der Waals surface area (Å²) in [5.41, 5.74) is 1.89. The zero-order valence-electron chi connectivity index (χ0n) is 18.9. The molecule has 2 saturated carbocycles. The van der Waals surface area contributed by atoms with Gasteiger partial charge in [0.25, 0.3) is 0 Å². The van der Waals surface area contributed by atoms with E-state index >= 15 is 0 Å². The molecule has 3 saturated heterocycles. The molecule has 0 aromatic heterocycles. The SMILES string of the molecule is C[C@]12CCC[C@]3(CO3)[C@H]1C[C@@H]1[C@@H](C2)OC(=O)[C@@H]1CN1CCC(Cc2ccccc2)CC1. The molecule has 3 heterocycles. The number of likely N-dealkylation sites (tertiary alicyclic amines) is 1. The number of fused-ring (bicyclic) bond motifs is 3. The van der Waals surface area contributed by atoms with Crippen molar-refractivity contribution < 1.29 is 14.3 Å². The molecule has 1 aromatic carbocycles. The van der Waals surface area contributed by atoms with E-state index in [-0.39, 0.29) is 23.6 Å². The fourth-order valence-corrected chi connectivity index (χ4v) is 7.76. The Balaban J connectivity index is 1.08. The zero-order valence-corrected chi connectivity index (χ0v) is 18.9. The van der Waals surface area contributed by atoms with Crippen LogP contribution in [0.25, 0.3) is 0 Å². The molecule has 0 bridgehead atoms. The van der Waals surface area contributed by atoms with Crippen LogP contribution in [-0.4, -0.2) is 48.8 Å². The molecular formula is C27H37NO3. The summed E-state index contributed by atoms with van der Waals surface area (Å²) in [6.45, 7) is 6.52. The lowest BCUT2D eigenvalue weighted by molar-refractivity contribution is -0.147. The molecule has 2 aliphatic carbocycles. The maximum absolute atomic E-state index is 12.9. The molecule has 0 unspecified atom stereocenters. The van der Waals surface area contributed by atoms with Crippen LogP contribution in [0.1, 0.15) is 57.4 Å². The highest BCUT2D eigenvalue weighted by atomic mass is 16.6. The summed E-state index contributed by atoms with van der Waals surface area (Å²) in [5.74, 6) is 1.93. The Labute approximate surface area is 186 Å². The van der Waals surface area contributed by atoms with Crippen LogP contribution in [0.3, 0.4) is 0 Å². The van der Waals surface area contributed by atoms with Gasteiger partial charge in [0.15, 0.2) is 0 Å². The lowest BCUT2D eigenvalue weighted by atomic mass is 9.53. The first kappa shape index (κ1) is 20.2. The molecule has 168 valence electrons. The first-order valence-corrected chi connectivity index (χ1v) is 12.7. The molecule has 6 rings (SSSR count). The number of hydrogen-bond donors (Lipinski definition) is 0. The van der Waals surface area contributed by atoms with Crippen LogP contribution in [0, 0.1) is 29.1 Å². The number of hydrogen-bond acceptors (Lipinski definition) is 4. The fourth-order valence-electron chi connectivity index (χ4n) is 7.76. The second kappa shape index (κ2) is 7.59. The normalized spacial score (nSPS) is 42.8. The third kappa shape index (κ3) is 3.64. The highest BCUT2D eigenvalue weighted by molar-refractivity contribution is 5.75. The van der Waals surface area contributed by atoms with Crippen molar-refractivity contribution in [1.29, 1.82) is 0 Å². The maximum Gasteiger partial charge on any atom is 0.310 e. The second-order valence-electron chi connectivity index (χ2n) is 11.5. The highest BCUT2D eigenvalue weighted by Gasteiger charge is 2.65. The van der Waals surface area contributed by atoms with Crippen molar-refractivity contribution in [1.82, 2.24) is 4.90 Å². The lowest BCUT2D eigenvalue weighted by Gasteiger charge is -2.51. The number of carbonyl (C=O) groups is 1. The van der Waals surface area contributed by atoms with Gasteiger partial charge in [-0.05, 0) is 87.3 Å². The summed E-state index contributed by atoms with van der Waals surface area (Å²) in [6, 6.07) is 10.9. The van der Waals surface area contributed by atoms with E-state index in [1.54, 1.807) is 0 Å². The van der Waals surface area contributed by atoms with Crippen molar-refractivity contribution in [2.45, 2.75) is 70.0 Å². The van der Waals surface area contributed by atoms with Crippen molar-refractivity contribution >= 4 is 5.97 Å².